The molecule has 0 unspecified atom stereocenters. The summed E-state index contributed by atoms with van der Waals surface area (Å²) >= 11 is 6.05. The van der Waals surface area contributed by atoms with Gasteiger partial charge in [-0.3, -0.25) is 0 Å². The largest absolute Gasteiger partial charge is 0.497 e. The van der Waals surface area contributed by atoms with E-state index in [1.807, 2.05) is 43.5 Å². The Balaban J connectivity index is 1.48. The normalized spacial score (nSPS) is 13.0. The predicted octanol–water partition coefficient (Wildman–Crippen LogP) is 4.70. The molecule has 29 heavy (non-hydrogen) atoms. The van der Waals surface area contributed by atoms with Crippen molar-refractivity contribution in [2.24, 2.45) is 0 Å². The van der Waals surface area contributed by atoms with Crippen LogP contribution in [0.25, 0.3) is 11.4 Å². The summed E-state index contributed by atoms with van der Waals surface area (Å²) in [6.07, 6.45) is 2.49. The Hall–Kier alpha value is -3.12. The number of carbonyl (C=O) groups is 1. The number of benzene rings is 2. The molecule has 2 amide bonds. The van der Waals surface area contributed by atoms with Crippen molar-refractivity contribution in [1.82, 2.24) is 14.9 Å². The minimum absolute atomic E-state index is 0.153. The maximum atomic E-state index is 12.7. The molecule has 6 nitrogen and oxygen atoms in total. The van der Waals surface area contributed by atoms with Crippen LogP contribution in [-0.4, -0.2) is 34.6 Å². The van der Waals surface area contributed by atoms with Crippen molar-refractivity contribution in [3.8, 4) is 17.1 Å². The maximum absolute atomic E-state index is 12.7. The molecule has 0 radical (unpaired) electrons. The van der Waals surface area contributed by atoms with Gasteiger partial charge in [0.2, 0.25) is 0 Å². The molecule has 0 saturated carbocycles. The van der Waals surface area contributed by atoms with Gasteiger partial charge < -0.3 is 15.0 Å². The summed E-state index contributed by atoms with van der Waals surface area (Å²) in [6, 6.07) is 13.0. The molecule has 1 aromatic heterocycles. The lowest BCUT2D eigenvalue weighted by molar-refractivity contribution is 0.206. The van der Waals surface area contributed by atoms with E-state index in [0.29, 0.717) is 30.4 Å². The van der Waals surface area contributed by atoms with Crippen LogP contribution in [-0.2, 0) is 13.0 Å². The van der Waals surface area contributed by atoms with Crippen molar-refractivity contribution in [2.75, 3.05) is 19.0 Å². The lowest BCUT2D eigenvalue weighted by Crippen LogP contribution is -2.39. The molecule has 1 aliphatic rings. The van der Waals surface area contributed by atoms with Gasteiger partial charge in [-0.25, -0.2) is 14.8 Å². The lowest BCUT2D eigenvalue weighted by Gasteiger charge is -2.28. The van der Waals surface area contributed by atoms with Gasteiger partial charge in [-0.05, 0) is 48.9 Å². The molecule has 148 valence electrons. The molecule has 7 heteroatoms. The van der Waals surface area contributed by atoms with Crippen molar-refractivity contribution in [1.29, 1.82) is 0 Å². The number of nitrogens with one attached hydrogen (secondary N) is 1. The molecule has 2 heterocycles. The summed E-state index contributed by atoms with van der Waals surface area (Å²) in [5.74, 6) is 1.47. The Morgan fingerprint density at radius 3 is 2.76 bits per heavy atom. The smallest absolute Gasteiger partial charge is 0.322 e. The molecule has 0 saturated heterocycles. The molecule has 0 aliphatic carbocycles. The molecule has 0 fully saturated rings. The van der Waals surface area contributed by atoms with E-state index < -0.39 is 0 Å². The third-order valence-corrected chi connectivity index (χ3v) is 5.25. The van der Waals surface area contributed by atoms with Crippen LogP contribution in [0.3, 0.4) is 0 Å². The number of carbonyl (C=O) groups excluding carboxylic acids is 1. The van der Waals surface area contributed by atoms with E-state index in [9.17, 15) is 4.79 Å². The highest BCUT2D eigenvalue weighted by atomic mass is 35.5. The first-order valence-electron chi connectivity index (χ1n) is 9.35. The molecule has 1 N–H and O–H groups in total. The fraction of sp³-hybridized carbons (Fsp3) is 0.227. The number of nitrogens with zero attached hydrogens (tertiary/aromatic N) is 3. The third-order valence-electron chi connectivity index (χ3n) is 5.01. The second-order valence-electron chi connectivity index (χ2n) is 6.95. The van der Waals surface area contributed by atoms with E-state index in [1.54, 1.807) is 24.1 Å². The van der Waals surface area contributed by atoms with Gasteiger partial charge >= 0.3 is 6.03 Å². The van der Waals surface area contributed by atoms with Crippen LogP contribution in [0.15, 0.2) is 48.7 Å². The SMILES string of the molecule is COc1ccc(-c2ncc3c(n2)CCN(C(=O)Nc2cc(Cl)ccc2C)C3)cc1. The highest BCUT2D eigenvalue weighted by Crippen LogP contribution is 2.24. The number of aryl methyl sites for hydroxylation is 1. The molecule has 0 spiro atoms. The Morgan fingerprint density at radius 2 is 2.00 bits per heavy atom. The van der Waals surface area contributed by atoms with Crippen molar-refractivity contribution >= 4 is 23.3 Å². The minimum Gasteiger partial charge on any atom is -0.497 e. The summed E-state index contributed by atoms with van der Waals surface area (Å²) in [5, 5.41) is 3.54. The van der Waals surface area contributed by atoms with Gasteiger partial charge in [0.15, 0.2) is 5.82 Å². The Kier molecular flexibility index (Phi) is 5.36. The quantitative estimate of drug-likeness (QED) is 0.681. The van der Waals surface area contributed by atoms with Crippen LogP contribution >= 0.6 is 11.6 Å². The van der Waals surface area contributed by atoms with Gasteiger partial charge in [-0.1, -0.05) is 17.7 Å². The van der Waals surface area contributed by atoms with Crippen LogP contribution < -0.4 is 10.1 Å². The zero-order valence-electron chi connectivity index (χ0n) is 16.3. The molecular weight excluding hydrogens is 388 g/mol. The molecule has 2 aromatic carbocycles. The van der Waals surface area contributed by atoms with Crippen LogP contribution in [0, 0.1) is 6.92 Å². The second kappa shape index (κ2) is 8.09. The van der Waals surface area contributed by atoms with E-state index in [1.165, 1.54) is 0 Å². The first kappa shape index (κ1) is 19.2. The van der Waals surface area contributed by atoms with Crippen LogP contribution in [0.4, 0.5) is 10.5 Å². The number of rotatable bonds is 3. The Bertz CT molecular complexity index is 1050. The Morgan fingerprint density at radius 1 is 1.21 bits per heavy atom. The number of methoxy groups -OCH3 is 1. The monoisotopic (exact) mass is 408 g/mol. The van der Waals surface area contributed by atoms with Crippen molar-refractivity contribution in [3.05, 3.63) is 70.5 Å². The number of aromatic nitrogens is 2. The van der Waals surface area contributed by atoms with E-state index in [0.717, 1.165) is 33.8 Å². The third kappa shape index (κ3) is 4.17. The zero-order valence-corrected chi connectivity index (χ0v) is 17.0. The highest BCUT2D eigenvalue weighted by Gasteiger charge is 2.23. The highest BCUT2D eigenvalue weighted by molar-refractivity contribution is 6.31. The molecular formula is C22H21ClN4O2. The summed E-state index contributed by atoms with van der Waals surface area (Å²) in [5.41, 5.74) is 4.57. The van der Waals surface area contributed by atoms with E-state index in [4.69, 9.17) is 21.3 Å². The number of urea groups is 1. The zero-order chi connectivity index (χ0) is 20.4. The fourth-order valence-corrected chi connectivity index (χ4v) is 3.46. The number of amides is 2. The van der Waals surface area contributed by atoms with E-state index >= 15 is 0 Å². The van der Waals surface area contributed by atoms with Crippen LogP contribution in [0.2, 0.25) is 5.02 Å². The lowest BCUT2D eigenvalue weighted by atomic mass is 10.1. The standard InChI is InChI=1S/C22H21ClN4O2/c1-14-3-6-17(23)11-20(14)26-22(28)27-10-9-19-16(13-27)12-24-21(25-19)15-4-7-18(29-2)8-5-15/h3-8,11-12H,9-10,13H2,1-2H3,(H,26,28). The van der Waals surface area contributed by atoms with Crippen LogP contribution in [0.1, 0.15) is 16.8 Å². The number of hydrogen-bond acceptors (Lipinski definition) is 4. The van der Waals surface area contributed by atoms with Gasteiger partial charge in [0.25, 0.3) is 0 Å². The van der Waals surface area contributed by atoms with Gasteiger partial charge in [-0.15, -0.1) is 0 Å². The average Bonchev–Trinajstić information content (AvgIpc) is 2.75. The first-order chi connectivity index (χ1) is 14.0. The van der Waals surface area contributed by atoms with Crippen LogP contribution in [0.5, 0.6) is 5.75 Å². The number of fused-ring (bicyclic) bond motifs is 1. The van der Waals surface area contributed by atoms with Gasteiger partial charge in [0.1, 0.15) is 5.75 Å². The summed E-state index contributed by atoms with van der Waals surface area (Å²) < 4.78 is 5.19. The average molecular weight is 409 g/mol. The minimum atomic E-state index is -0.153. The van der Waals surface area contributed by atoms with Gasteiger partial charge in [-0.2, -0.15) is 0 Å². The molecule has 3 aromatic rings. The number of anilines is 1. The number of halogens is 1. The summed E-state index contributed by atoms with van der Waals surface area (Å²) in [6.45, 7) is 3.01. The maximum Gasteiger partial charge on any atom is 0.322 e. The van der Waals surface area contributed by atoms with Crippen molar-refractivity contribution in [2.45, 2.75) is 19.9 Å². The fourth-order valence-electron chi connectivity index (χ4n) is 3.29. The van der Waals surface area contributed by atoms with E-state index in [2.05, 4.69) is 10.3 Å². The summed E-state index contributed by atoms with van der Waals surface area (Å²) in [7, 11) is 1.64. The molecule has 4 rings (SSSR count). The Labute approximate surface area is 174 Å². The molecule has 0 atom stereocenters. The van der Waals surface area contributed by atoms with Crippen molar-refractivity contribution < 1.29 is 9.53 Å². The molecule has 1 aliphatic heterocycles. The van der Waals surface area contributed by atoms with Crippen molar-refractivity contribution in [3.63, 3.8) is 0 Å². The van der Waals surface area contributed by atoms with Gasteiger partial charge in [0, 0.05) is 41.0 Å². The summed E-state index contributed by atoms with van der Waals surface area (Å²) in [4.78, 5) is 23.7. The van der Waals surface area contributed by atoms with E-state index in [-0.39, 0.29) is 6.03 Å². The first-order valence-corrected chi connectivity index (χ1v) is 9.72. The number of hydrogen-bond donors (Lipinski definition) is 1. The molecule has 0 bridgehead atoms. The topological polar surface area (TPSA) is 67.4 Å². The predicted molar refractivity (Wildman–Crippen MR) is 113 cm³/mol. The second-order valence-corrected chi connectivity index (χ2v) is 7.39. The number of ether oxygens (including phenoxy) is 1. The van der Waals surface area contributed by atoms with Gasteiger partial charge in [0.05, 0.1) is 19.3 Å².